The maximum Gasteiger partial charge on any atom is 0.223 e. The molecular weight excluding hydrogens is 351 g/mol. The van der Waals surface area contributed by atoms with Crippen molar-refractivity contribution >= 4 is 16.8 Å². The standard InChI is InChI=1S/C24H25FN2O/c1-16-9-11-21-19(15-16)18-6-4-8-22-24(18)27(21)14-13-26(22)23(28)12-10-17-5-2-3-7-20(17)25/h2-3,5,7,9,11,15,22H,4,6,8,10,12-14H2,1H3/t22-/m1/s1. The zero-order valence-corrected chi connectivity index (χ0v) is 16.2. The molecule has 0 spiro atoms. The molecule has 3 nitrogen and oxygen atoms in total. The predicted molar refractivity (Wildman–Crippen MR) is 109 cm³/mol. The Bertz CT molecular complexity index is 1070. The summed E-state index contributed by atoms with van der Waals surface area (Å²) in [6.07, 6.45) is 4.06. The molecular formula is C24H25FN2O. The summed E-state index contributed by atoms with van der Waals surface area (Å²) in [5.41, 5.74) is 5.99. The van der Waals surface area contributed by atoms with E-state index in [0.29, 0.717) is 18.4 Å². The third kappa shape index (κ3) is 2.74. The first-order valence-electron chi connectivity index (χ1n) is 10.3. The van der Waals surface area contributed by atoms with Crippen molar-refractivity contribution in [3.05, 3.63) is 70.7 Å². The summed E-state index contributed by atoms with van der Waals surface area (Å²) in [5.74, 6) is -0.0711. The first-order valence-corrected chi connectivity index (χ1v) is 10.3. The van der Waals surface area contributed by atoms with Crippen molar-refractivity contribution in [2.45, 2.75) is 51.6 Å². The molecule has 144 valence electrons. The van der Waals surface area contributed by atoms with Crippen molar-refractivity contribution in [1.29, 1.82) is 0 Å². The number of halogens is 1. The molecule has 0 saturated heterocycles. The summed E-state index contributed by atoms with van der Waals surface area (Å²) in [6, 6.07) is 13.6. The van der Waals surface area contributed by atoms with Gasteiger partial charge in [0.25, 0.3) is 0 Å². The van der Waals surface area contributed by atoms with Crippen LogP contribution in [0, 0.1) is 12.7 Å². The number of nitrogens with zero attached hydrogens (tertiary/aromatic N) is 2. The molecule has 0 unspecified atom stereocenters. The molecule has 1 aliphatic heterocycles. The predicted octanol–water partition coefficient (Wildman–Crippen LogP) is 4.94. The van der Waals surface area contributed by atoms with Crippen LogP contribution in [0.3, 0.4) is 0 Å². The second-order valence-corrected chi connectivity index (χ2v) is 8.12. The number of carbonyl (C=O) groups excluding carboxylic acids is 1. The van der Waals surface area contributed by atoms with Gasteiger partial charge in [-0.2, -0.15) is 0 Å². The van der Waals surface area contributed by atoms with Gasteiger partial charge in [0.1, 0.15) is 5.82 Å². The molecule has 1 aromatic heterocycles. The highest BCUT2D eigenvalue weighted by molar-refractivity contribution is 5.87. The van der Waals surface area contributed by atoms with E-state index >= 15 is 0 Å². The molecule has 5 rings (SSSR count). The van der Waals surface area contributed by atoms with Gasteiger partial charge in [-0.3, -0.25) is 4.79 Å². The normalized spacial score (nSPS) is 18.4. The minimum absolute atomic E-state index is 0.147. The second-order valence-electron chi connectivity index (χ2n) is 8.12. The number of aromatic nitrogens is 1. The number of hydrogen-bond acceptors (Lipinski definition) is 1. The fraction of sp³-hybridized carbons (Fsp3) is 0.375. The highest BCUT2D eigenvalue weighted by Crippen LogP contribution is 2.43. The number of fused-ring (bicyclic) bond motifs is 3. The van der Waals surface area contributed by atoms with Gasteiger partial charge in [0.05, 0.1) is 6.04 Å². The fourth-order valence-electron chi connectivity index (χ4n) is 5.10. The van der Waals surface area contributed by atoms with Crippen molar-refractivity contribution in [3.63, 3.8) is 0 Å². The van der Waals surface area contributed by atoms with E-state index in [1.54, 1.807) is 12.1 Å². The van der Waals surface area contributed by atoms with Crippen LogP contribution in [0.25, 0.3) is 10.9 Å². The van der Waals surface area contributed by atoms with Gasteiger partial charge in [-0.15, -0.1) is 0 Å². The van der Waals surface area contributed by atoms with Gasteiger partial charge in [-0.05, 0) is 61.9 Å². The first kappa shape index (κ1) is 17.5. The Kier molecular flexibility index (Phi) is 4.22. The van der Waals surface area contributed by atoms with Crippen LogP contribution in [-0.4, -0.2) is 21.9 Å². The van der Waals surface area contributed by atoms with Crippen molar-refractivity contribution in [2.75, 3.05) is 6.54 Å². The molecule has 2 aromatic carbocycles. The Hall–Kier alpha value is -2.62. The molecule has 0 fully saturated rings. The second kappa shape index (κ2) is 6.77. The summed E-state index contributed by atoms with van der Waals surface area (Å²) < 4.78 is 16.3. The van der Waals surface area contributed by atoms with Gasteiger partial charge in [0.2, 0.25) is 5.91 Å². The Labute approximate surface area is 164 Å². The summed E-state index contributed by atoms with van der Waals surface area (Å²) in [4.78, 5) is 15.1. The molecule has 0 bridgehead atoms. The lowest BCUT2D eigenvalue weighted by Crippen LogP contribution is -2.43. The molecule has 1 amide bonds. The van der Waals surface area contributed by atoms with Crippen LogP contribution in [0.1, 0.15) is 47.7 Å². The highest BCUT2D eigenvalue weighted by atomic mass is 19.1. The SMILES string of the molecule is Cc1ccc2c(c1)c1c3n2CCN(C(=O)CCc2ccccc2F)[C@@H]3CCC1. The molecule has 0 saturated carbocycles. The van der Waals surface area contributed by atoms with E-state index in [9.17, 15) is 9.18 Å². The summed E-state index contributed by atoms with van der Waals surface area (Å²) in [6.45, 7) is 3.73. The van der Waals surface area contributed by atoms with Crippen LogP contribution in [0.4, 0.5) is 4.39 Å². The number of carbonyl (C=O) groups is 1. The molecule has 4 heteroatoms. The van der Waals surface area contributed by atoms with Crippen LogP contribution in [0.5, 0.6) is 0 Å². The van der Waals surface area contributed by atoms with Gasteiger partial charge in [0.15, 0.2) is 0 Å². The Morgan fingerprint density at radius 3 is 2.89 bits per heavy atom. The third-order valence-electron chi connectivity index (χ3n) is 6.42. The number of benzene rings is 2. The van der Waals surface area contributed by atoms with Crippen molar-refractivity contribution < 1.29 is 9.18 Å². The maximum absolute atomic E-state index is 13.9. The van der Waals surface area contributed by atoms with Gasteiger partial charge < -0.3 is 9.47 Å². The van der Waals surface area contributed by atoms with Gasteiger partial charge in [-0.25, -0.2) is 4.39 Å². The van der Waals surface area contributed by atoms with Crippen LogP contribution < -0.4 is 0 Å². The number of amides is 1. The van der Waals surface area contributed by atoms with Crippen molar-refractivity contribution in [1.82, 2.24) is 9.47 Å². The molecule has 28 heavy (non-hydrogen) atoms. The van der Waals surface area contributed by atoms with E-state index in [0.717, 1.165) is 32.4 Å². The highest BCUT2D eigenvalue weighted by Gasteiger charge is 2.36. The minimum Gasteiger partial charge on any atom is -0.341 e. The lowest BCUT2D eigenvalue weighted by molar-refractivity contribution is -0.135. The average molecular weight is 376 g/mol. The summed E-state index contributed by atoms with van der Waals surface area (Å²) in [5, 5.41) is 1.36. The van der Waals surface area contributed by atoms with Crippen LogP contribution in [0.15, 0.2) is 42.5 Å². The summed E-state index contributed by atoms with van der Waals surface area (Å²) >= 11 is 0. The zero-order chi connectivity index (χ0) is 19.3. The zero-order valence-electron chi connectivity index (χ0n) is 16.2. The molecule has 2 heterocycles. The van der Waals surface area contributed by atoms with E-state index < -0.39 is 0 Å². The Balaban J connectivity index is 1.44. The fourth-order valence-corrected chi connectivity index (χ4v) is 5.10. The number of aryl methyl sites for hydroxylation is 3. The molecule has 2 aliphatic rings. The van der Waals surface area contributed by atoms with E-state index in [-0.39, 0.29) is 17.8 Å². The lowest BCUT2D eigenvalue weighted by atomic mass is 9.89. The maximum atomic E-state index is 13.9. The van der Waals surface area contributed by atoms with Crippen molar-refractivity contribution in [2.24, 2.45) is 0 Å². The largest absolute Gasteiger partial charge is 0.341 e. The van der Waals surface area contributed by atoms with Crippen LogP contribution in [0.2, 0.25) is 0 Å². The molecule has 1 aliphatic carbocycles. The quantitative estimate of drug-likeness (QED) is 0.635. The topological polar surface area (TPSA) is 25.2 Å². The molecule has 0 radical (unpaired) electrons. The molecule has 0 N–H and O–H groups in total. The van der Waals surface area contributed by atoms with E-state index in [1.807, 2.05) is 6.07 Å². The number of rotatable bonds is 3. The minimum atomic E-state index is -0.218. The number of hydrogen-bond donors (Lipinski definition) is 0. The lowest BCUT2D eigenvalue weighted by Gasteiger charge is -2.40. The molecule has 3 aromatic rings. The first-order chi connectivity index (χ1) is 13.6. The Morgan fingerprint density at radius 2 is 2.04 bits per heavy atom. The van der Waals surface area contributed by atoms with Gasteiger partial charge in [0, 0.05) is 36.1 Å². The van der Waals surface area contributed by atoms with E-state index in [4.69, 9.17) is 0 Å². The van der Waals surface area contributed by atoms with E-state index in [1.165, 1.54) is 33.8 Å². The van der Waals surface area contributed by atoms with Crippen LogP contribution >= 0.6 is 0 Å². The van der Waals surface area contributed by atoms with E-state index in [2.05, 4.69) is 34.6 Å². The monoisotopic (exact) mass is 376 g/mol. The summed E-state index contributed by atoms with van der Waals surface area (Å²) in [7, 11) is 0. The third-order valence-corrected chi connectivity index (χ3v) is 6.42. The van der Waals surface area contributed by atoms with Crippen LogP contribution in [-0.2, 0) is 24.2 Å². The Morgan fingerprint density at radius 1 is 1.18 bits per heavy atom. The van der Waals surface area contributed by atoms with Crippen molar-refractivity contribution in [3.8, 4) is 0 Å². The smallest absolute Gasteiger partial charge is 0.223 e. The molecule has 1 atom stereocenters. The average Bonchev–Trinajstić information content (AvgIpc) is 3.02. The van der Waals surface area contributed by atoms with Gasteiger partial charge >= 0.3 is 0 Å². The van der Waals surface area contributed by atoms with Gasteiger partial charge in [-0.1, -0.05) is 29.8 Å².